The lowest BCUT2D eigenvalue weighted by Crippen LogP contribution is -2.28. The molecule has 2 aromatic rings. The Morgan fingerprint density at radius 1 is 1.23 bits per heavy atom. The van der Waals surface area contributed by atoms with Crippen molar-refractivity contribution in [3.05, 3.63) is 64.7 Å². The summed E-state index contributed by atoms with van der Waals surface area (Å²) in [6.45, 7) is 2.69. The van der Waals surface area contributed by atoms with Gasteiger partial charge in [-0.05, 0) is 30.2 Å². The lowest BCUT2D eigenvalue weighted by Gasteiger charge is -2.17. The van der Waals surface area contributed by atoms with Crippen molar-refractivity contribution in [2.24, 2.45) is 0 Å². The normalized spacial score (nSPS) is 11.8. The van der Waals surface area contributed by atoms with Gasteiger partial charge in [-0.2, -0.15) is 0 Å². The second-order valence-corrected chi connectivity index (χ2v) is 5.51. The molecule has 0 saturated carbocycles. The van der Waals surface area contributed by atoms with Crippen LogP contribution in [-0.2, 0) is 0 Å². The first-order valence-corrected chi connectivity index (χ1v) is 7.70. The molecule has 0 spiro atoms. The summed E-state index contributed by atoms with van der Waals surface area (Å²) in [6.07, 6.45) is 0.955. The van der Waals surface area contributed by atoms with Gasteiger partial charge in [-0.15, -0.1) is 0 Å². The van der Waals surface area contributed by atoms with E-state index in [-0.39, 0.29) is 11.8 Å². The molecule has 1 atom stereocenters. The van der Waals surface area contributed by atoms with Crippen molar-refractivity contribution in [3.63, 3.8) is 0 Å². The average Bonchev–Trinajstić information content (AvgIpc) is 2.56. The smallest absolute Gasteiger partial charge is 0.255 e. The molecule has 22 heavy (non-hydrogen) atoms. The van der Waals surface area contributed by atoms with Gasteiger partial charge in [-0.25, -0.2) is 0 Å². The number of rotatable bonds is 6. The van der Waals surface area contributed by atoms with Gasteiger partial charge >= 0.3 is 0 Å². The SMILES string of the molecule is CCC(CNC(=O)c1cc(Cl)ccc1OC)c1ccccc1. The van der Waals surface area contributed by atoms with Crippen LogP contribution in [0.1, 0.15) is 35.2 Å². The lowest BCUT2D eigenvalue weighted by molar-refractivity contribution is 0.0948. The zero-order valence-electron chi connectivity index (χ0n) is 12.8. The third-order valence-corrected chi connectivity index (χ3v) is 3.91. The van der Waals surface area contributed by atoms with Gasteiger partial charge in [0.05, 0.1) is 12.7 Å². The Hall–Kier alpha value is -2.00. The van der Waals surface area contributed by atoms with Crippen molar-refractivity contribution in [2.75, 3.05) is 13.7 Å². The maximum absolute atomic E-state index is 12.4. The van der Waals surface area contributed by atoms with Gasteiger partial charge in [0, 0.05) is 17.5 Å². The van der Waals surface area contributed by atoms with E-state index in [0.717, 1.165) is 6.42 Å². The molecule has 0 heterocycles. The van der Waals surface area contributed by atoms with Crippen LogP contribution in [0, 0.1) is 0 Å². The van der Waals surface area contributed by atoms with Crippen LogP contribution in [0.4, 0.5) is 0 Å². The van der Waals surface area contributed by atoms with Gasteiger partial charge in [-0.1, -0.05) is 48.9 Å². The Balaban J connectivity index is 2.07. The molecular weight excluding hydrogens is 298 g/mol. The molecular formula is C18H20ClNO2. The fourth-order valence-electron chi connectivity index (χ4n) is 2.39. The molecule has 3 nitrogen and oxygen atoms in total. The van der Waals surface area contributed by atoms with Crippen LogP contribution in [0.25, 0.3) is 0 Å². The number of amides is 1. The minimum atomic E-state index is -0.172. The Kier molecular flexibility index (Phi) is 5.84. The number of hydrogen-bond acceptors (Lipinski definition) is 2. The maximum Gasteiger partial charge on any atom is 0.255 e. The van der Waals surface area contributed by atoms with Crippen molar-refractivity contribution in [1.29, 1.82) is 0 Å². The van der Waals surface area contributed by atoms with E-state index in [1.165, 1.54) is 5.56 Å². The Morgan fingerprint density at radius 3 is 2.59 bits per heavy atom. The summed E-state index contributed by atoms with van der Waals surface area (Å²) in [5.41, 5.74) is 1.68. The van der Waals surface area contributed by atoms with Crippen molar-refractivity contribution in [1.82, 2.24) is 5.32 Å². The molecule has 4 heteroatoms. The lowest BCUT2D eigenvalue weighted by atomic mass is 9.96. The van der Waals surface area contributed by atoms with Crippen LogP contribution in [0.3, 0.4) is 0 Å². The topological polar surface area (TPSA) is 38.3 Å². The highest BCUT2D eigenvalue weighted by molar-refractivity contribution is 6.31. The number of benzene rings is 2. The van der Waals surface area contributed by atoms with E-state index in [4.69, 9.17) is 16.3 Å². The maximum atomic E-state index is 12.4. The largest absolute Gasteiger partial charge is 0.496 e. The molecule has 0 radical (unpaired) electrons. The first kappa shape index (κ1) is 16.4. The third-order valence-electron chi connectivity index (χ3n) is 3.68. The predicted octanol–water partition coefficient (Wildman–Crippen LogP) is 4.27. The van der Waals surface area contributed by atoms with Gasteiger partial charge in [0.2, 0.25) is 0 Å². The van der Waals surface area contributed by atoms with Crippen molar-refractivity contribution in [3.8, 4) is 5.75 Å². The standard InChI is InChI=1S/C18H20ClNO2/c1-3-13(14-7-5-4-6-8-14)12-20-18(21)16-11-15(19)9-10-17(16)22-2/h4-11,13H,3,12H2,1-2H3,(H,20,21). The number of ether oxygens (including phenoxy) is 1. The van der Waals surface area contributed by atoms with Crippen molar-refractivity contribution >= 4 is 17.5 Å². The van der Waals surface area contributed by atoms with Crippen LogP contribution in [-0.4, -0.2) is 19.6 Å². The molecule has 0 fully saturated rings. The van der Waals surface area contributed by atoms with E-state index in [1.54, 1.807) is 25.3 Å². The van der Waals surface area contributed by atoms with Crippen LogP contribution >= 0.6 is 11.6 Å². The molecule has 0 aliphatic rings. The molecule has 0 bridgehead atoms. The van der Waals surface area contributed by atoms with Crippen LogP contribution in [0.15, 0.2) is 48.5 Å². The van der Waals surface area contributed by atoms with E-state index in [2.05, 4.69) is 24.4 Å². The molecule has 1 amide bonds. The monoisotopic (exact) mass is 317 g/mol. The number of hydrogen-bond donors (Lipinski definition) is 1. The summed E-state index contributed by atoms with van der Waals surface area (Å²) in [4.78, 5) is 12.4. The highest BCUT2D eigenvalue weighted by Crippen LogP contribution is 2.23. The van der Waals surface area contributed by atoms with Crippen LogP contribution in [0.5, 0.6) is 5.75 Å². The fraction of sp³-hybridized carbons (Fsp3) is 0.278. The molecule has 0 aliphatic heterocycles. The molecule has 0 aromatic heterocycles. The highest BCUT2D eigenvalue weighted by atomic mass is 35.5. The average molecular weight is 318 g/mol. The number of nitrogens with one attached hydrogen (secondary N) is 1. The summed E-state index contributed by atoms with van der Waals surface area (Å²) in [7, 11) is 1.54. The summed E-state index contributed by atoms with van der Waals surface area (Å²) in [6, 6.07) is 15.2. The minimum absolute atomic E-state index is 0.172. The van der Waals surface area contributed by atoms with Gasteiger partial charge in [-0.3, -0.25) is 4.79 Å². The van der Waals surface area contributed by atoms with Gasteiger partial charge in [0.1, 0.15) is 5.75 Å². The quantitative estimate of drug-likeness (QED) is 0.864. The molecule has 1 unspecified atom stereocenters. The molecule has 1 N–H and O–H groups in total. The molecule has 2 aromatic carbocycles. The zero-order valence-corrected chi connectivity index (χ0v) is 13.6. The number of carbonyl (C=O) groups excluding carboxylic acids is 1. The summed E-state index contributed by atoms with van der Waals surface area (Å²) in [5.74, 6) is 0.638. The molecule has 0 saturated heterocycles. The van der Waals surface area contributed by atoms with E-state index < -0.39 is 0 Å². The van der Waals surface area contributed by atoms with Crippen molar-refractivity contribution in [2.45, 2.75) is 19.3 Å². The summed E-state index contributed by atoms with van der Waals surface area (Å²) in [5, 5.41) is 3.49. The molecule has 116 valence electrons. The third kappa shape index (κ3) is 4.01. The van der Waals surface area contributed by atoms with E-state index in [9.17, 15) is 4.79 Å². The van der Waals surface area contributed by atoms with Crippen LogP contribution < -0.4 is 10.1 Å². The summed E-state index contributed by atoms with van der Waals surface area (Å²) < 4.78 is 5.22. The van der Waals surface area contributed by atoms with Gasteiger partial charge in [0.15, 0.2) is 0 Å². The Morgan fingerprint density at radius 2 is 1.95 bits per heavy atom. The van der Waals surface area contributed by atoms with E-state index >= 15 is 0 Å². The van der Waals surface area contributed by atoms with Crippen LogP contribution in [0.2, 0.25) is 5.02 Å². The van der Waals surface area contributed by atoms with E-state index in [1.807, 2.05) is 18.2 Å². The number of halogens is 1. The van der Waals surface area contributed by atoms with Gasteiger partial charge in [0.25, 0.3) is 5.91 Å². The first-order chi connectivity index (χ1) is 10.7. The zero-order chi connectivity index (χ0) is 15.9. The number of carbonyl (C=O) groups is 1. The second-order valence-electron chi connectivity index (χ2n) is 5.07. The highest BCUT2D eigenvalue weighted by Gasteiger charge is 2.15. The second kappa shape index (κ2) is 7.85. The van der Waals surface area contributed by atoms with Crippen molar-refractivity contribution < 1.29 is 9.53 Å². The fourth-order valence-corrected chi connectivity index (χ4v) is 2.56. The molecule has 0 aliphatic carbocycles. The number of methoxy groups -OCH3 is 1. The predicted molar refractivity (Wildman–Crippen MR) is 89.8 cm³/mol. The summed E-state index contributed by atoms with van der Waals surface area (Å²) >= 11 is 5.97. The molecule has 2 rings (SSSR count). The Bertz CT molecular complexity index is 628. The van der Waals surface area contributed by atoms with E-state index in [0.29, 0.717) is 22.9 Å². The Labute approximate surface area is 136 Å². The van der Waals surface area contributed by atoms with Gasteiger partial charge < -0.3 is 10.1 Å². The first-order valence-electron chi connectivity index (χ1n) is 7.32. The minimum Gasteiger partial charge on any atom is -0.496 e.